The molecule has 1 rings (SSSR count). The third-order valence-corrected chi connectivity index (χ3v) is 4.25. The Balaban J connectivity index is 2.56. The van der Waals surface area contributed by atoms with E-state index in [0.29, 0.717) is 5.41 Å². The first-order valence-corrected chi connectivity index (χ1v) is 7.19. The normalized spacial score (nSPS) is 29.5. The molecule has 1 aliphatic rings. The molecule has 1 aliphatic carbocycles. The summed E-state index contributed by atoms with van der Waals surface area (Å²) in [7, 11) is 0. The van der Waals surface area contributed by atoms with Gasteiger partial charge in [-0.3, -0.25) is 4.90 Å². The maximum atomic E-state index is 6.07. The number of hydrogen-bond acceptors (Lipinski definition) is 2. The van der Waals surface area contributed by atoms with Crippen LogP contribution in [0.15, 0.2) is 12.7 Å². The predicted molar refractivity (Wildman–Crippen MR) is 76.0 cm³/mol. The van der Waals surface area contributed by atoms with Crippen LogP contribution in [-0.4, -0.2) is 31.1 Å². The van der Waals surface area contributed by atoms with Gasteiger partial charge in [-0.1, -0.05) is 32.8 Å². The molecule has 100 valence electrons. The molecular formula is C15H30N2. The van der Waals surface area contributed by atoms with Crippen LogP contribution in [0.25, 0.3) is 0 Å². The van der Waals surface area contributed by atoms with Crippen molar-refractivity contribution in [2.24, 2.45) is 17.1 Å². The molecule has 2 heteroatoms. The largest absolute Gasteiger partial charge is 0.330 e. The van der Waals surface area contributed by atoms with Gasteiger partial charge in [-0.15, -0.1) is 6.58 Å². The number of hydrogen-bond donors (Lipinski definition) is 1. The standard InChI is InChI=1S/C15H30N2/c1-4-10-17(11-5-2)13-15(12-16)8-6-14(3)7-9-15/h4,14H,1,5-13,16H2,2-3H3. The van der Waals surface area contributed by atoms with Crippen LogP contribution < -0.4 is 5.73 Å². The molecule has 0 aromatic heterocycles. The molecule has 0 saturated heterocycles. The van der Waals surface area contributed by atoms with Gasteiger partial charge in [0.2, 0.25) is 0 Å². The summed E-state index contributed by atoms with van der Waals surface area (Å²) in [6.07, 6.45) is 8.55. The second kappa shape index (κ2) is 7.17. The summed E-state index contributed by atoms with van der Waals surface area (Å²) in [5, 5.41) is 0. The maximum absolute atomic E-state index is 6.07. The van der Waals surface area contributed by atoms with Crippen molar-refractivity contribution in [3.8, 4) is 0 Å². The summed E-state index contributed by atoms with van der Waals surface area (Å²) in [6.45, 7) is 12.7. The summed E-state index contributed by atoms with van der Waals surface area (Å²) >= 11 is 0. The Kier molecular flexibility index (Phi) is 6.21. The van der Waals surface area contributed by atoms with Gasteiger partial charge in [-0.25, -0.2) is 0 Å². The van der Waals surface area contributed by atoms with E-state index >= 15 is 0 Å². The molecule has 1 fully saturated rings. The van der Waals surface area contributed by atoms with Crippen LogP contribution in [0.2, 0.25) is 0 Å². The molecule has 0 amide bonds. The minimum absolute atomic E-state index is 0.380. The summed E-state index contributed by atoms with van der Waals surface area (Å²) < 4.78 is 0. The van der Waals surface area contributed by atoms with Crippen molar-refractivity contribution in [2.75, 3.05) is 26.2 Å². The lowest BCUT2D eigenvalue weighted by Crippen LogP contribution is -2.45. The smallest absolute Gasteiger partial charge is 0.0160 e. The molecule has 2 nitrogen and oxygen atoms in total. The molecule has 0 atom stereocenters. The van der Waals surface area contributed by atoms with Crippen molar-refractivity contribution < 1.29 is 0 Å². The second-order valence-electron chi connectivity index (χ2n) is 5.91. The van der Waals surface area contributed by atoms with Crippen LogP contribution in [-0.2, 0) is 0 Å². The van der Waals surface area contributed by atoms with Gasteiger partial charge in [0.25, 0.3) is 0 Å². The zero-order chi connectivity index (χ0) is 12.7. The molecule has 0 aromatic rings. The van der Waals surface area contributed by atoms with Crippen LogP contribution in [0.5, 0.6) is 0 Å². The van der Waals surface area contributed by atoms with Crippen molar-refractivity contribution in [1.29, 1.82) is 0 Å². The van der Waals surface area contributed by atoms with E-state index < -0.39 is 0 Å². The average molecular weight is 238 g/mol. The third-order valence-electron chi connectivity index (χ3n) is 4.25. The van der Waals surface area contributed by atoms with Crippen molar-refractivity contribution in [2.45, 2.75) is 46.0 Å². The minimum atomic E-state index is 0.380. The number of nitrogens with two attached hydrogens (primary N) is 1. The quantitative estimate of drug-likeness (QED) is 0.691. The molecular weight excluding hydrogens is 208 g/mol. The third kappa shape index (κ3) is 4.44. The Labute approximate surface area is 107 Å². The Morgan fingerprint density at radius 3 is 2.53 bits per heavy atom. The summed E-state index contributed by atoms with van der Waals surface area (Å²) in [4.78, 5) is 2.52. The second-order valence-corrected chi connectivity index (χ2v) is 5.91. The van der Waals surface area contributed by atoms with Gasteiger partial charge in [0, 0.05) is 13.1 Å². The van der Waals surface area contributed by atoms with E-state index in [2.05, 4.69) is 25.3 Å². The Hall–Kier alpha value is -0.340. The van der Waals surface area contributed by atoms with Crippen molar-refractivity contribution in [1.82, 2.24) is 4.90 Å². The van der Waals surface area contributed by atoms with E-state index in [1.807, 2.05) is 6.08 Å². The zero-order valence-electron chi connectivity index (χ0n) is 11.8. The molecule has 0 aromatic carbocycles. The highest BCUT2D eigenvalue weighted by atomic mass is 15.1. The van der Waals surface area contributed by atoms with Crippen molar-refractivity contribution in [3.63, 3.8) is 0 Å². The van der Waals surface area contributed by atoms with Gasteiger partial charge in [-0.2, -0.15) is 0 Å². The average Bonchev–Trinajstić information content (AvgIpc) is 2.33. The maximum Gasteiger partial charge on any atom is 0.0160 e. The molecule has 2 N–H and O–H groups in total. The van der Waals surface area contributed by atoms with E-state index in [-0.39, 0.29) is 0 Å². The number of rotatable bonds is 7. The van der Waals surface area contributed by atoms with E-state index in [9.17, 15) is 0 Å². The SMILES string of the molecule is C=CCN(CCC)CC1(CN)CCC(C)CC1. The van der Waals surface area contributed by atoms with Crippen LogP contribution in [0.4, 0.5) is 0 Å². The molecule has 0 unspecified atom stereocenters. The Morgan fingerprint density at radius 2 is 2.06 bits per heavy atom. The first kappa shape index (κ1) is 14.7. The first-order valence-electron chi connectivity index (χ1n) is 7.19. The molecule has 0 aliphatic heterocycles. The lowest BCUT2D eigenvalue weighted by molar-refractivity contribution is 0.101. The first-order chi connectivity index (χ1) is 8.15. The van der Waals surface area contributed by atoms with Gasteiger partial charge in [0.15, 0.2) is 0 Å². The van der Waals surface area contributed by atoms with Crippen LogP contribution in [0.3, 0.4) is 0 Å². The highest BCUT2D eigenvalue weighted by molar-refractivity contribution is 4.89. The van der Waals surface area contributed by atoms with Gasteiger partial charge in [0.05, 0.1) is 0 Å². The van der Waals surface area contributed by atoms with Crippen LogP contribution in [0, 0.1) is 11.3 Å². The van der Waals surface area contributed by atoms with Crippen LogP contribution >= 0.6 is 0 Å². The topological polar surface area (TPSA) is 29.3 Å². The highest BCUT2D eigenvalue weighted by Gasteiger charge is 2.34. The zero-order valence-corrected chi connectivity index (χ0v) is 11.8. The summed E-state index contributed by atoms with van der Waals surface area (Å²) in [5.74, 6) is 0.897. The lowest BCUT2D eigenvalue weighted by atomic mass is 9.70. The monoisotopic (exact) mass is 238 g/mol. The van der Waals surface area contributed by atoms with E-state index in [1.54, 1.807) is 0 Å². The van der Waals surface area contributed by atoms with Crippen molar-refractivity contribution >= 4 is 0 Å². The molecule has 1 saturated carbocycles. The van der Waals surface area contributed by atoms with Gasteiger partial charge in [-0.05, 0) is 43.7 Å². The van der Waals surface area contributed by atoms with Gasteiger partial charge >= 0.3 is 0 Å². The molecule has 0 bridgehead atoms. The Morgan fingerprint density at radius 1 is 1.41 bits per heavy atom. The van der Waals surface area contributed by atoms with Crippen molar-refractivity contribution in [3.05, 3.63) is 12.7 Å². The lowest BCUT2D eigenvalue weighted by Gasteiger charge is -2.42. The molecule has 17 heavy (non-hydrogen) atoms. The van der Waals surface area contributed by atoms with E-state index in [4.69, 9.17) is 5.73 Å². The number of nitrogens with zero attached hydrogens (tertiary/aromatic N) is 1. The molecule has 0 radical (unpaired) electrons. The summed E-state index contributed by atoms with van der Waals surface area (Å²) in [6, 6.07) is 0. The van der Waals surface area contributed by atoms with Gasteiger partial charge < -0.3 is 5.73 Å². The summed E-state index contributed by atoms with van der Waals surface area (Å²) in [5.41, 5.74) is 6.45. The van der Waals surface area contributed by atoms with E-state index in [1.165, 1.54) is 38.6 Å². The van der Waals surface area contributed by atoms with E-state index in [0.717, 1.165) is 25.6 Å². The fourth-order valence-electron chi connectivity index (χ4n) is 3.01. The predicted octanol–water partition coefficient (Wildman–Crippen LogP) is 3.04. The van der Waals surface area contributed by atoms with Crippen LogP contribution in [0.1, 0.15) is 46.0 Å². The molecule has 0 heterocycles. The molecule has 0 spiro atoms. The fraction of sp³-hybridized carbons (Fsp3) is 0.867. The fourth-order valence-corrected chi connectivity index (χ4v) is 3.01. The minimum Gasteiger partial charge on any atom is -0.330 e. The van der Waals surface area contributed by atoms with Gasteiger partial charge in [0.1, 0.15) is 0 Å². The Bertz CT molecular complexity index is 217. The highest BCUT2D eigenvalue weighted by Crippen LogP contribution is 2.38.